The zero-order valence-electron chi connectivity index (χ0n) is 20.0. The Morgan fingerprint density at radius 1 is 0.536 bits per heavy atom. The van der Waals surface area contributed by atoms with Crippen molar-refractivity contribution >= 4 is 0 Å². The Labute approximate surface area is 174 Å². The summed E-state index contributed by atoms with van der Waals surface area (Å²) in [6.07, 6.45) is 2.45. The number of aryl methyl sites for hydroxylation is 4. The molecule has 28 heavy (non-hydrogen) atoms. The maximum Gasteiger partial charge on any atom is -0.0108 e. The molecule has 0 heteroatoms. The van der Waals surface area contributed by atoms with Crippen LogP contribution in [0.3, 0.4) is 0 Å². The first kappa shape index (κ1) is 22.7. The predicted molar refractivity (Wildman–Crippen MR) is 125 cm³/mol. The van der Waals surface area contributed by atoms with Crippen LogP contribution in [0.4, 0.5) is 0 Å². The number of benzene rings is 2. The molecule has 0 radical (unpaired) electrons. The molecule has 2 unspecified atom stereocenters. The van der Waals surface area contributed by atoms with E-state index in [1.54, 1.807) is 11.1 Å². The van der Waals surface area contributed by atoms with Crippen LogP contribution in [0.5, 0.6) is 0 Å². The van der Waals surface area contributed by atoms with Gasteiger partial charge in [-0.05, 0) is 96.6 Å². The normalized spacial score (nSPS) is 14.8. The van der Waals surface area contributed by atoms with Crippen molar-refractivity contribution in [3.05, 3.63) is 69.8 Å². The highest BCUT2D eigenvalue weighted by atomic mass is 14.4. The fourth-order valence-corrected chi connectivity index (χ4v) is 5.11. The second kappa shape index (κ2) is 8.44. The third-order valence-electron chi connectivity index (χ3n) is 6.62. The molecule has 2 rings (SSSR count). The van der Waals surface area contributed by atoms with Crippen molar-refractivity contribution in [3.63, 3.8) is 0 Å². The molecule has 0 heterocycles. The van der Waals surface area contributed by atoms with Gasteiger partial charge in [-0.15, -0.1) is 0 Å². The Kier molecular flexibility index (Phi) is 6.85. The first-order valence-electron chi connectivity index (χ1n) is 11.0. The first-order valence-corrected chi connectivity index (χ1v) is 11.0. The topological polar surface area (TPSA) is 0 Å². The van der Waals surface area contributed by atoms with Crippen LogP contribution in [-0.2, 0) is 0 Å². The lowest BCUT2D eigenvalue weighted by Gasteiger charge is -2.38. The zero-order chi connectivity index (χ0) is 21.3. The van der Waals surface area contributed by atoms with Crippen LogP contribution in [0, 0.1) is 38.5 Å². The van der Waals surface area contributed by atoms with Crippen LogP contribution in [0.15, 0.2) is 36.4 Å². The van der Waals surface area contributed by atoms with Crippen molar-refractivity contribution in [3.8, 4) is 0 Å². The molecule has 0 bridgehead atoms. The SMILES string of the molecule is Cc1cccc(C)c1C(CCC(c1c(C)cccc1C)C(C)(C)C)C(C)(C)C. The summed E-state index contributed by atoms with van der Waals surface area (Å²) in [5, 5.41) is 0. The number of hydrogen-bond acceptors (Lipinski definition) is 0. The van der Waals surface area contributed by atoms with E-state index in [4.69, 9.17) is 0 Å². The van der Waals surface area contributed by atoms with Gasteiger partial charge < -0.3 is 0 Å². The van der Waals surface area contributed by atoms with Crippen LogP contribution in [-0.4, -0.2) is 0 Å². The molecule has 0 aliphatic carbocycles. The van der Waals surface area contributed by atoms with Crippen molar-refractivity contribution in [1.82, 2.24) is 0 Å². The first-order chi connectivity index (χ1) is 12.8. The summed E-state index contributed by atoms with van der Waals surface area (Å²) in [4.78, 5) is 0. The van der Waals surface area contributed by atoms with E-state index >= 15 is 0 Å². The van der Waals surface area contributed by atoms with E-state index in [0.717, 1.165) is 0 Å². The van der Waals surface area contributed by atoms with Gasteiger partial charge >= 0.3 is 0 Å². The molecule has 0 saturated heterocycles. The minimum atomic E-state index is 0.250. The lowest BCUT2D eigenvalue weighted by atomic mass is 9.66. The van der Waals surface area contributed by atoms with Gasteiger partial charge in [0.25, 0.3) is 0 Å². The van der Waals surface area contributed by atoms with E-state index in [9.17, 15) is 0 Å². The maximum atomic E-state index is 2.41. The molecule has 0 aliphatic rings. The second-order valence-electron chi connectivity index (χ2n) is 11.0. The van der Waals surface area contributed by atoms with E-state index in [1.807, 2.05) is 0 Å². The number of hydrogen-bond donors (Lipinski definition) is 0. The Morgan fingerprint density at radius 3 is 1.00 bits per heavy atom. The molecule has 0 spiro atoms. The molecule has 0 aliphatic heterocycles. The Hall–Kier alpha value is -1.56. The monoisotopic (exact) mass is 378 g/mol. The van der Waals surface area contributed by atoms with Crippen molar-refractivity contribution in [2.24, 2.45) is 10.8 Å². The Bertz CT molecular complexity index is 686. The summed E-state index contributed by atoms with van der Waals surface area (Å²) in [6.45, 7) is 23.6. The van der Waals surface area contributed by atoms with Crippen molar-refractivity contribution in [2.75, 3.05) is 0 Å². The Morgan fingerprint density at radius 2 is 0.786 bits per heavy atom. The third-order valence-corrected chi connectivity index (χ3v) is 6.62. The van der Waals surface area contributed by atoms with E-state index < -0.39 is 0 Å². The minimum absolute atomic E-state index is 0.250. The molecule has 0 amide bonds. The van der Waals surface area contributed by atoms with Gasteiger partial charge in [-0.25, -0.2) is 0 Å². The quantitative estimate of drug-likeness (QED) is 0.488. The van der Waals surface area contributed by atoms with E-state index in [0.29, 0.717) is 11.8 Å². The fraction of sp³-hybridized carbons (Fsp3) is 0.571. The summed E-state index contributed by atoms with van der Waals surface area (Å²) in [5.41, 5.74) is 9.42. The van der Waals surface area contributed by atoms with E-state index in [-0.39, 0.29) is 10.8 Å². The summed E-state index contributed by atoms with van der Waals surface area (Å²) in [5.74, 6) is 1.14. The molecular formula is C28H42. The zero-order valence-corrected chi connectivity index (χ0v) is 20.0. The lowest BCUT2D eigenvalue weighted by Crippen LogP contribution is -2.25. The highest BCUT2D eigenvalue weighted by molar-refractivity contribution is 5.39. The van der Waals surface area contributed by atoms with Crippen LogP contribution in [0.1, 0.15) is 99.6 Å². The van der Waals surface area contributed by atoms with Gasteiger partial charge in [-0.3, -0.25) is 0 Å². The summed E-state index contributed by atoms with van der Waals surface area (Å²) in [7, 11) is 0. The minimum Gasteiger partial charge on any atom is -0.0617 e. The largest absolute Gasteiger partial charge is 0.0617 e. The van der Waals surface area contributed by atoms with Gasteiger partial charge in [0.2, 0.25) is 0 Å². The highest BCUT2D eigenvalue weighted by Crippen LogP contribution is 2.47. The third kappa shape index (κ3) is 5.07. The van der Waals surface area contributed by atoms with Crippen molar-refractivity contribution < 1.29 is 0 Å². The highest BCUT2D eigenvalue weighted by Gasteiger charge is 2.33. The van der Waals surface area contributed by atoms with Gasteiger partial charge in [0.1, 0.15) is 0 Å². The smallest absolute Gasteiger partial charge is 0.0108 e. The summed E-state index contributed by atoms with van der Waals surface area (Å²) < 4.78 is 0. The van der Waals surface area contributed by atoms with Gasteiger partial charge in [0.15, 0.2) is 0 Å². The second-order valence-corrected chi connectivity index (χ2v) is 11.0. The van der Waals surface area contributed by atoms with Crippen LogP contribution < -0.4 is 0 Å². The molecule has 2 atom stereocenters. The average molecular weight is 379 g/mol. The molecule has 0 aromatic heterocycles. The molecular weight excluding hydrogens is 336 g/mol. The van der Waals surface area contributed by atoms with Crippen LogP contribution in [0.25, 0.3) is 0 Å². The Balaban J connectivity index is 2.44. The maximum absolute atomic E-state index is 2.41. The van der Waals surface area contributed by atoms with Gasteiger partial charge in [0, 0.05) is 0 Å². The predicted octanol–water partition coefficient (Wildman–Crippen LogP) is 8.66. The fourth-order valence-electron chi connectivity index (χ4n) is 5.11. The summed E-state index contributed by atoms with van der Waals surface area (Å²) >= 11 is 0. The average Bonchev–Trinajstić information content (AvgIpc) is 2.53. The molecule has 0 fully saturated rings. The van der Waals surface area contributed by atoms with E-state index in [2.05, 4.69) is 106 Å². The van der Waals surface area contributed by atoms with Crippen molar-refractivity contribution in [1.29, 1.82) is 0 Å². The van der Waals surface area contributed by atoms with Crippen molar-refractivity contribution in [2.45, 2.75) is 93.9 Å². The molecule has 0 saturated carbocycles. The van der Waals surface area contributed by atoms with Crippen LogP contribution in [0.2, 0.25) is 0 Å². The molecule has 2 aromatic rings. The van der Waals surface area contributed by atoms with Crippen LogP contribution >= 0.6 is 0 Å². The molecule has 2 aromatic carbocycles. The molecule has 154 valence electrons. The number of rotatable bonds is 5. The van der Waals surface area contributed by atoms with Gasteiger partial charge in [-0.2, -0.15) is 0 Å². The molecule has 0 nitrogen and oxygen atoms in total. The summed E-state index contributed by atoms with van der Waals surface area (Å²) in [6, 6.07) is 13.5. The van der Waals surface area contributed by atoms with E-state index in [1.165, 1.54) is 35.1 Å². The lowest BCUT2D eigenvalue weighted by molar-refractivity contribution is 0.250. The molecule has 0 N–H and O–H groups in total. The standard InChI is InChI=1S/C28H42/c1-19-13-11-14-20(2)25(19)23(27(5,6)7)17-18-24(28(8,9)10)26-21(3)15-12-16-22(26)4/h11-16,23-24H,17-18H2,1-10H3. The van der Waals surface area contributed by atoms with Gasteiger partial charge in [0.05, 0.1) is 0 Å². The van der Waals surface area contributed by atoms with Gasteiger partial charge in [-0.1, -0.05) is 77.9 Å².